The Bertz CT molecular complexity index is 1630. The van der Waals surface area contributed by atoms with Crippen LogP contribution in [0.2, 0.25) is 0 Å². The zero-order valence-corrected chi connectivity index (χ0v) is 24.1. The number of carbonyl (C=O) groups is 2. The van der Waals surface area contributed by atoms with Gasteiger partial charge in [0.1, 0.15) is 5.84 Å². The van der Waals surface area contributed by atoms with Gasteiger partial charge in [0, 0.05) is 27.9 Å². The van der Waals surface area contributed by atoms with Crippen molar-refractivity contribution < 1.29 is 9.59 Å². The van der Waals surface area contributed by atoms with Gasteiger partial charge in [0.15, 0.2) is 17.8 Å². The van der Waals surface area contributed by atoms with Crippen molar-refractivity contribution in [1.29, 1.82) is 10.8 Å². The highest BCUT2D eigenvalue weighted by Gasteiger charge is 2.31. The van der Waals surface area contributed by atoms with Crippen LogP contribution in [0, 0.1) is 17.7 Å². The van der Waals surface area contributed by atoms with Gasteiger partial charge >= 0.3 is 6.03 Å². The van der Waals surface area contributed by atoms with Gasteiger partial charge < -0.3 is 10.6 Å². The number of nitrogens with one attached hydrogen (secondary N) is 4. The fourth-order valence-electron chi connectivity index (χ4n) is 4.59. The van der Waals surface area contributed by atoms with E-state index >= 15 is 0 Å². The van der Waals surface area contributed by atoms with Crippen molar-refractivity contribution in [2.75, 3.05) is 10.2 Å². The third-order valence-corrected chi connectivity index (χ3v) is 6.50. The summed E-state index contributed by atoms with van der Waals surface area (Å²) in [6.07, 6.45) is -1.07. The van der Waals surface area contributed by atoms with Crippen molar-refractivity contribution in [1.82, 2.24) is 5.32 Å². The number of benzene rings is 4. The molecule has 4 aromatic carbocycles. The zero-order chi connectivity index (χ0) is 30.2. The summed E-state index contributed by atoms with van der Waals surface area (Å²) in [4.78, 5) is 32.1. The number of nitrogens with zero attached hydrogens (tertiary/aromatic N) is 2. The number of ketones is 1. The SMILES string of the molecule is CC.CC(=N)N1C(=N)C(NC(=O)Nc2ccc(C(=O)c3ccccc3)cc2)N=C(c2ccccc2)c2cc(C)ccc21. The molecule has 1 aliphatic rings. The average Bonchev–Trinajstić information content (AvgIpc) is 3.13. The number of hydrogen-bond donors (Lipinski definition) is 4. The predicted molar refractivity (Wildman–Crippen MR) is 170 cm³/mol. The first-order valence-corrected chi connectivity index (χ1v) is 13.8. The van der Waals surface area contributed by atoms with Gasteiger partial charge in [0.05, 0.1) is 11.4 Å². The van der Waals surface area contributed by atoms with Crippen LogP contribution in [-0.2, 0) is 0 Å². The maximum absolute atomic E-state index is 13.1. The van der Waals surface area contributed by atoms with E-state index in [9.17, 15) is 9.59 Å². The number of amides is 2. The molecule has 1 atom stereocenters. The second-order valence-corrected chi connectivity index (χ2v) is 9.44. The van der Waals surface area contributed by atoms with Crippen LogP contribution < -0.4 is 15.5 Å². The molecule has 8 nitrogen and oxygen atoms in total. The van der Waals surface area contributed by atoms with E-state index in [1.807, 2.05) is 87.5 Å². The summed E-state index contributed by atoms with van der Waals surface area (Å²) in [5, 5.41) is 22.9. The number of aliphatic imine (C=N–C) groups is 1. The van der Waals surface area contributed by atoms with Gasteiger partial charge in [0.25, 0.3) is 0 Å². The maximum atomic E-state index is 13.1. The molecular weight excluding hydrogens is 524 g/mol. The third kappa shape index (κ3) is 6.50. The lowest BCUT2D eigenvalue weighted by Crippen LogP contribution is -2.49. The Hall–Kier alpha value is -5.37. The van der Waals surface area contributed by atoms with Crippen LogP contribution >= 0.6 is 0 Å². The summed E-state index contributed by atoms with van der Waals surface area (Å²) in [6.45, 7) is 7.57. The van der Waals surface area contributed by atoms with Crippen LogP contribution in [0.25, 0.3) is 0 Å². The van der Waals surface area contributed by atoms with Gasteiger partial charge in [-0.15, -0.1) is 0 Å². The average molecular weight is 559 g/mol. The fourth-order valence-corrected chi connectivity index (χ4v) is 4.59. The highest BCUT2D eigenvalue weighted by Crippen LogP contribution is 2.29. The molecule has 0 saturated carbocycles. The number of rotatable bonds is 5. The number of carbonyl (C=O) groups excluding carboxylic acids is 2. The van der Waals surface area contributed by atoms with E-state index < -0.39 is 12.2 Å². The molecule has 8 heteroatoms. The Morgan fingerprint density at radius 1 is 0.833 bits per heavy atom. The molecule has 5 rings (SSSR count). The smallest absolute Gasteiger partial charge is 0.309 e. The number of amidine groups is 2. The Kier molecular flexibility index (Phi) is 9.39. The normalized spacial score (nSPS) is 13.9. The molecule has 4 N–H and O–H groups in total. The van der Waals surface area contributed by atoms with Crippen molar-refractivity contribution in [2.24, 2.45) is 4.99 Å². The van der Waals surface area contributed by atoms with Crippen LogP contribution in [0.4, 0.5) is 16.2 Å². The first-order valence-electron chi connectivity index (χ1n) is 13.8. The molecule has 1 aliphatic heterocycles. The highest BCUT2D eigenvalue weighted by molar-refractivity contribution is 6.27. The molecule has 0 bridgehead atoms. The summed E-state index contributed by atoms with van der Waals surface area (Å²) in [5.74, 6) is -0.0313. The molecule has 0 radical (unpaired) electrons. The van der Waals surface area contributed by atoms with Gasteiger partial charge in [0.2, 0.25) is 0 Å². The van der Waals surface area contributed by atoms with E-state index in [1.54, 1.807) is 43.3 Å². The van der Waals surface area contributed by atoms with Crippen LogP contribution in [0.5, 0.6) is 0 Å². The number of hydrogen-bond acceptors (Lipinski definition) is 5. The summed E-state index contributed by atoms with van der Waals surface area (Å²) in [6, 6.07) is 30.4. The van der Waals surface area contributed by atoms with Crippen LogP contribution in [0.15, 0.2) is 108 Å². The largest absolute Gasteiger partial charge is 0.321 e. The van der Waals surface area contributed by atoms with Crippen molar-refractivity contribution in [3.05, 3.63) is 131 Å². The highest BCUT2D eigenvalue weighted by atomic mass is 16.2. The lowest BCUT2D eigenvalue weighted by molar-refractivity contribution is 0.103. The first-order chi connectivity index (χ1) is 20.3. The van der Waals surface area contributed by atoms with Crippen molar-refractivity contribution in [2.45, 2.75) is 33.9 Å². The molecule has 4 aromatic rings. The standard InChI is InChI=1S/C32H28N6O2.C2H6/c1-20-13-18-27-26(19-20)28(22-9-5-3-6-10-22)36-31(30(34)38(27)21(2)33)37-32(40)35-25-16-14-24(15-17-25)29(39)23-11-7-4-8-12-23;1-2/h3-19,31,33-34H,1-2H3,(H2,35,37,40);1-2H3. The third-order valence-electron chi connectivity index (χ3n) is 6.50. The molecule has 0 fully saturated rings. The maximum Gasteiger partial charge on any atom is 0.321 e. The lowest BCUT2D eigenvalue weighted by Gasteiger charge is -2.27. The molecule has 1 unspecified atom stereocenters. The topological polar surface area (TPSA) is 122 Å². The summed E-state index contributed by atoms with van der Waals surface area (Å²) < 4.78 is 0. The molecule has 0 aromatic heterocycles. The minimum Gasteiger partial charge on any atom is -0.309 e. The summed E-state index contributed by atoms with van der Waals surface area (Å²) >= 11 is 0. The molecule has 212 valence electrons. The van der Waals surface area contributed by atoms with Crippen LogP contribution in [0.3, 0.4) is 0 Å². The van der Waals surface area contributed by atoms with E-state index in [4.69, 9.17) is 15.8 Å². The number of fused-ring (bicyclic) bond motifs is 1. The van der Waals surface area contributed by atoms with Gasteiger partial charge in [-0.1, -0.05) is 86.1 Å². The minimum absolute atomic E-state index is 0.0533. The molecule has 0 aliphatic carbocycles. The Labute approximate surface area is 246 Å². The van der Waals surface area contributed by atoms with E-state index in [2.05, 4.69) is 10.6 Å². The van der Waals surface area contributed by atoms with Gasteiger partial charge in [-0.3, -0.25) is 25.5 Å². The monoisotopic (exact) mass is 558 g/mol. The van der Waals surface area contributed by atoms with Crippen molar-refractivity contribution in [3.8, 4) is 0 Å². The summed E-state index contributed by atoms with van der Waals surface area (Å²) in [5.41, 5.74) is 5.44. The number of anilines is 2. The van der Waals surface area contributed by atoms with Gasteiger partial charge in [-0.2, -0.15) is 0 Å². The Morgan fingerprint density at radius 3 is 2.05 bits per heavy atom. The second-order valence-electron chi connectivity index (χ2n) is 9.44. The molecule has 0 saturated heterocycles. The first kappa shape index (κ1) is 29.6. The second kappa shape index (κ2) is 13.3. The molecule has 2 amide bonds. The Balaban J connectivity index is 0.00000198. The number of urea groups is 1. The van der Waals surface area contributed by atoms with Gasteiger partial charge in [-0.25, -0.2) is 4.79 Å². The molecule has 1 heterocycles. The molecule has 0 spiro atoms. The van der Waals surface area contributed by atoms with E-state index in [1.165, 1.54) is 4.90 Å². The fraction of sp³-hybridized carbons (Fsp3) is 0.147. The van der Waals surface area contributed by atoms with E-state index in [-0.39, 0.29) is 17.5 Å². The van der Waals surface area contributed by atoms with Crippen molar-refractivity contribution >= 4 is 40.6 Å². The van der Waals surface area contributed by atoms with Crippen LogP contribution in [-0.4, -0.2) is 35.4 Å². The zero-order valence-electron chi connectivity index (χ0n) is 24.1. The predicted octanol–water partition coefficient (Wildman–Crippen LogP) is 7.03. The van der Waals surface area contributed by atoms with Gasteiger partial charge in [-0.05, 0) is 50.2 Å². The molecule has 42 heavy (non-hydrogen) atoms. The summed E-state index contributed by atoms with van der Waals surface area (Å²) in [7, 11) is 0. The van der Waals surface area contributed by atoms with Crippen LogP contribution in [0.1, 0.15) is 53.4 Å². The number of benzodiazepines with no additional fused rings is 1. The minimum atomic E-state index is -1.07. The van der Waals surface area contributed by atoms with E-state index in [0.717, 1.165) is 16.7 Å². The number of aryl methyl sites for hydroxylation is 1. The van der Waals surface area contributed by atoms with Crippen molar-refractivity contribution in [3.63, 3.8) is 0 Å². The quantitative estimate of drug-likeness (QED) is 0.119. The van der Waals surface area contributed by atoms with E-state index in [0.29, 0.717) is 28.2 Å². The molecular formula is C34H34N6O2. The lowest BCUT2D eigenvalue weighted by atomic mass is 9.98. The Morgan fingerprint density at radius 2 is 1.43 bits per heavy atom.